The largest absolute Gasteiger partial charge is 0.316 e. The van der Waals surface area contributed by atoms with Crippen LogP contribution in [0.5, 0.6) is 0 Å². The molecule has 1 spiro atoms. The monoisotopic (exact) mass is 208 g/mol. The normalized spacial score (nSPS) is 34.8. The van der Waals surface area contributed by atoms with Crippen LogP contribution in [-0.2, 0) is 0 Å². The molecule has 1 unspecified atom stereocenters. The highest BCUT2D eigenvalue weighted by Gasteiger charge is 2.44. The molecule has 1 N–H and O–H groups in total. The van der Waals surface area contributed by atoms with Crippen molar-refractivity contribution in [1.29, 1.82) is 0 Å². The summed E-state index contributed by atoms with van der Waals surface area (Å²) in [5.41, 5.74) is 0.800. The van der Waals surface area contributed by atoms with E-state index in [1.165, 1.54) is 71.2 Å². The summed E-state index contributed by atoms with van der Waals surface area (Å²) in [5.74, 6) is 0.977. The third-order valence-corrected chi connectivity index (χ3v) is 4.80. The van der Waals surface area contributed by atoms with E-state index >= 15 is 0 Å². The van der Waals surface area contributed by atoms with E-state index in [2.05, 4.69) is 10.2 Å². The van der Waals surface area contributed by atoms with E-state index in [1.54, 1.807) is 0 Å². The summed E-state index contributed by atoms with van der Waals surface area (Å²) in [5, 5.41) is 3.46. The minimum Gasteiger partial charge on any atom is -0.316 e. The molecular weight excluding hydrogens is 184 g/mol. The smallest absolute Gasteiger partial charge is 0.00505 e. The van der Waals surface area contributed by atoms with Gasteiger partial charge in [0, 0.05) is 13.1 Å². The molecule has 2 aliphatic heterocycles. The maximum Gasteiger partial charge on any atom is 0.00505 e. The Balaban J connectivity index is 1.36. The molecular formula is C13H24N2. The van der Waals surface area contributed by atoms with Gasteiger partial charge in [0.15, 0.2) is 0 Å². The molecule has 15 heavy (non-hydrogen) atoms. The molecule has 0 aromatic rings. The number of hydrogen-bond donors (Lipinski definition) is 1. The summed E-state index contributed by atoms with van der Waals surface area (Å²) in [6.07, 6.45) is 8.89. The van der Waals surface area contributed by atoms with Gasteiger partial charge in [-0.05, 0) is 56.7 Å². The Morgan fingerprint density at radius 1 is 1.20 bits per heavy atom. The molecule has 3 rings (SSSR count). The highest BCUT2D eigenvalue weighted by molar-refractivity contribution is 4.97. The first-order valence-electron chi connectivity index (χ1n) is 6.79. The van der Waals surface area contributed by atoms with Crippen molar-refractivity contribution in [2.75, 3.05) is 32.7 Å². The maximum absolute atomic E-state index is 3.46. The number of hydrogen-bond acceptors (Lipinski definition) is 2. The summed E-state index contributed by atoms with van der Waals surface area (Å²) in [7, 11) is 0. The first-order valence-corrected chi connectivity index (χ1v) is 6.79. The zero-order valence-electron chi connectivity index (χ0n) is 9.80. The fourth-order valence-corrected chi connectivity index (χ4v) is 3.83. The SMILES string of the molecule is C1CCC2(C1)CN(CCC1CCNC1)C2. The van der Waals surface area contributed by atoms with Crippen molar-refractivity contribution in [3.8, 4) is 0 Å². The van der Waals surface area contributed by atoms with Crippen LogP contribution in [0.3, 0.4) is 0 Å². The van der Waals surface area contributed by atoms with E-state index in [9.17, 15) is 0 Å². The molecule has 2 saturated heterocycles. The van der Waals surface area contributed by atoms with E-state index in [1.807, 2.05) is 0 Å². The van der Waals surface area contributed by atoms with Crippen molar-refractivity contribution in [3.63, 3.8) is 0 Å². The molecule has 3 aliphatic rings. The predicted octanol–water partition coefficient (Wildman–Crippen LogP) is 1.86. The van der Waals surface area contributed by atoms with Gasteiger partial charge in [0.1, 0.15) is 0 Å². The van der Waals surface area contributed by atoms with Crippen LogP contribution in [0.4, 0.5) is 0 Å². The average molecular weight is 208 g/mol. The molecule has 3 fully saturated rings. The molecule has 1 atom stereocenters. The van der Waals surface area contributed by atoms with Crippen molar-refractivity contribution >= 4 is 0 Å². The van der Waals surface area contributed by atoms with Gasteiger partial charge in [-0.2, -0.15) is 0 Å². The molecule has 0 aromatic heterocycles. The predicted molar refractivity (Wildman–Crippen MR) is 62.9 cm³/mol. The van der Waals surface area contributed by atoms with Crippen molar-refractivity contribution in [3.05, 3.63) is 0 Å². The molecule has 0 amide bonds. The number of rotatable bonds is 3. The van der Waals surface area contributed by atoms with Crippen LogP contribution in [-0.4, -0.2) is 37.6 Å². The van der Waals surface area contributed by atoms with Crippen LogP contribution >= 0.6 is 0 Å². The second kappa shape index (κ2) is 4.06. The van der Waals surface area contributed by atoms with Crippen LogP contribution in [0.15, 0.2) is 0 Å². The van der Waals surface area contributed by atoms with E-state index in [-0.39, 0.29) is 0 Å². The van der Waals surface area contributed by atoms with Crippen LogP contribution in [0.2, 0.25) is 0 Å². The topological polar surface area (TPSA) is 15.3 Å². The van der Waals surface area contributed by atoms with Gasteiger partial charge >= 0.3 is 0 Å². The fraction of sp³-hybridized carbons (Fsp3) is 1.00. The van der Waals surface area contributed by atoms with Gasteiger partial charge < -0.3 is 10.2 Å². The Morgan fingerprint density at radius 3 is 2.67 bits per heavy atom. The quantitative estimate of drug-likeness (QED) is 0.761. The zero-order valence-corrected chi connectivity index (χ0v) is 9.80. The maximum atomic E-state index is 3.46. The molecule has 0 radical (unpaired) electrons. The Morgan fingerprint density at radius 2 is 2.00 bits per heavy atom. The lowest BCUT2D eigenvalue weighted by Gasteiger charge is -2.48. The first-order chi connectivity index (χ1) is 7.36. The molecule has 2 heterocycles. The van der Waals surface area contributed by atoms with E-state index in [0.717, 1.165) is 11.3 Å². The van der Waals surface area contributed by atoms with Gasteiger partial charge in [0.05, 0.1) is 0 Å². The molecule has 86 valence electrons. The van der Waals surface area contributed by atoms with Gasteiger partial charge in [-0.3, -0.25) is 0 Å². The molecule has 2 nitrogen and oxygen atoms in total. The minimum atomic E-state index is 0.800. The van der Waals surface area contributed by atoms with E-state index in [4.69, 9.17) is 0 Å². The lowest BCUT2D eigenvalue weighted by Crippen LogP contribution is -2.55. The van der Waals surface area contributed by atoms with E-state index < -0.39 is 0 Å². The van der Waals surface area contributed by atoms with Crippen LogP contribution in [0, 0.1) is 11.3 Å². The van der Waals surface area contributed by atoms with Crippen LogP contribution < -0.4 is 5.32 Å². The number of likely N-dealkylation sites (tertiary alicyclic amines) is 1. The summed E-state index contributed by atoms with van der Waals surface area (Å²) in [6.45, 7) is 6.75. The zero-order chi connectivity index (χ0) is 10.1. The average Bonchev–Trinajstić information content (AvgIpc) is 2.84. The second-order valence-electron chi connectivity index (χ2n) is 6.07. The highest BCUT2D eigenvalue weighted by Crippen LogP contribution is 2.45. The lowest BCUT2D eigenvalue weighted by molar-refractivity contribution is 0.00306. The third-order valence-electron chi connectivity index (χ3n) is 4.80. The van der Waals surface area contributed by atoms with Crippen molar-refractivity contribution in [2.45, 2.75) is 38.5 Å². The van der Waals surface area contributed by atoms with Crippen molar-refractivity contribution in [1.82, 2.24) is 10.2 Å². The molecule has 1 saturated carbocycles. The van der Waals surface area contributed by atoms with Crippen LogP contribution in [0.25, 0.3) is 0 Å². The van der Waals surface area contributed by atoms with Gasteiger partial charge in [0.25, 0.3) is 0 Å². The summed E-state index contributed by atoms with van der Waals surface area (Å²) in [6, 6.07) is 0. The Hall–Kier alpha value is -0.0800. The van der Waals surface area contributed by atoms with Gasteiger partial charge in [-0.25, -0.2) is 0 Å². The van der Waals surface area contributed by atoms with Crippen molar-refractivity contribution in [2.24, 2.45) is 11.3 Å². The first kappa shape index (κ1) is 10.1. The van der Waals surface area contributed by atoms with Gasteiger partial charge in [-0.1, -0.05) is 12.8 Å². The molecule has 1 aliphatic carbocycles. The minimum absolute atomic E-state index is 0.800. The fourth-order valence-electron chi connectivity index (χ4n) is 3.83. The Labute approximate surface area is 93.4 Å². The molecule has 0 aromatic carbocycles. The van der Waals surface area contributed by atoms with Gasteiger partial charge in [0.2, 0.25) is 0 Å². The second-order valence-corrected chi connectivity index (χ2v) is 6.07. The molecule has 2 heteroatoms. The summed E-state index contributed by atoms with van der Waals surface area (Å²) >= 11 is 0. The summed E-state index contributed by atoms with van der Waals surface area (Å²) in [4.78, 5) is 2.70. The third kappa shape index (κ3) is 2.07. The lowest BCUT2D eigenvalue weighted by atomic mass is 9.78. The number of nitrogens with zero attached hydrogens (tertiary/aromatic N) is 1. The molecule has 0 bridgehead atoms. The standard InChI is InChI=1S/C13H24N2/c1-2-6-13(5-1)10-15(11-13)8-4-12-3-7-14-9-12/h12,14H,1-11H2. The Kier molecular flexibility index (Phi) is 2.73. The van der Waals surface area contributed by atoms with E-state index in [0.29, 0.717) is 0 Å². The Bertz CT molecular complexity index is 207. The highest BCUT2D eigenvalue weighted by atomic mass is 15.2. The van der Waals surface area contributed by atoms with Crippen LogP contribution in [0.1, 0.15) is 38.5 Å². The van der Waals surface area contributed by atoms with Crippen molar-refractivity contribution < 1.29 is 0 Å². The number of nitrogens with one attached hydrogen (secondary N) is 1. The van der Waals surface area contributed by atoms with Gasteiger partial charge in [-0.15, -0.1) is 0 Å². The summed E-state index contributed by atoms with van der Waals surface area (Å²) < 4.78 is 0.